The number of nitrogens with zero attached hydrogens (tertiary/aromatic N) is 1. The minimum Gasteiger partial charge on any atom is -0.496 e. The van der Waals surface area contributed by atoms with Gasteiger partial charge in [0.25, 0.3) is 0 Å². The van der Waals surface area contributed by atoms with Crippen molar-refractivity contribution in [3.05, 3.63) is 28.8 Å². The van der Waals surface area contributed by atoms with Gasteiger partial charge in [-0.3, -0.25) is 9.69 Å². The fourth-order valence-electron chi connectivity index (χ4n) is 2.01. The van der Waals surface area contributed by atoms with Crippen LogP contribution in [0.1, 0.15) is 25.8 Å². The lowest BCUT2D eigenvalue weighted by molar-refractivity contribution is -0.128. The summed E-state index contributed by atoms with van der Waals surface area (Å²) in [6.07, 6.45) is 1.09. The molecule has 1 unspecified atom stereocenters. The molecule has 106 valence electrons. The van der Waals surface area contributed by atoms with Gasteiger partial charge in [-0.15, -0.1) is 0 Å². The van der Waals surface area contributed by atoms with Gasteiger partial charge < -0.3 is 4.74 Å². The number of hydrogen-bond donors (Lipinski definition) is 0. The summed E-state index contributed by atoms with van der Waals surface area (Å²) in [5, 5.41) is 0.617. The van der Waals surface area contributed by atoms with Crippen LogP contribution in [0, 0.1) is 0 Å². The second-order valence-corrected chi connectivity index (χ2v) is 5.51. The summed E-state index contributed by atoms with van der Waals surface area (Å²) >= 11 is 5.99. The van der Waals surface area contributed by atoms with Crippen molar-refractivity contribution in [1.82, 2.24) is 4.90 Å². The molecule has 1 aromatic carbocycles. The van der Waals surface area contributed by atoms with E-state index in [1.165, 1.54) is 0 Å². The zero-order chi connectivity index (χ0) is 14.6. The van der Waals surface area contributed by atoms with Crippen LogP contribution in [-0.4, -0.2) is 37.4 Å². The zero-order valence-corrected chi connectivity index (χ0v) is 13.0. The molecule has 4 heteroatoms. The molecule has 0 N–H and O–H groups in total. The lowest BCUT2D eigenvalue weighted by atomic mass is 9.88. The molecule has 0 saturated carbocycles. The van der Waals surface area contributed by atoms with Crippen molar-refractivity contribution in [3.8, 4) is 5.75 Å². The largest absolute Gasteiger partial charge is 0.496 e. The van der Waals surface area contributed by atoms with Crippen molar-refractivity contribution in [2.45, 2.75) is 32.2 Å². The molecule has 0 radical (unpaired) electrons. The van der Waals surface area contributed by atoms with Gasteiger partial charge in [0.1, 0.15) is 5.75 Å². The molecule has 0 spiro atoms. The molecule has 0 aliphatic rings. The van der Waals surface area contributed by atoms with E-state index in [2.05, 4.69) is 0 Å². The van der Waals surface area contributed by atoms with Crippen molar-refractivity contribution >= 4 is 17.4 Å². The summed E-state index contributed by atoms with van der Waals surface area (Å²) in [7, 11) is 5.45. The van der Waals surface area contributed by atoms with E-state index in [-0.39, 0.29) is 5.78 Å². The molecule has 0 aliphatic carbocycles. The van der Waals surface area contributed by atoms with Gasteiger partial charge in [-0.05, 0) is 45.6 Å². The first-order valence-corrected chi connectivity index (χ1v) is 6.76. The quantitative estimate of drug-likeness (QED) is 0.803. The summed E-state index contributed by atoms with van der Waals surface area (Å²) in [6.45, 7) is 3.99. The van der Waals surface area contributed by atoms with Crippen LogP contribution in [0.25, 0.3) is 0 Å². The highest BCUT2D eigenvalue weighted by molar-refractivity contribution is 6.30. The fourth-order valence-corrected chi connectivity index (χ4v) is 2.21. The van der Waals surface area contributed by atoms with Crippen LogP contribution in [-0.2, 0) is 11.2 Å². The second kappa shape index (κ2) is 6.40. The molecule has 1 atom stereocenters. The van der Waals surface area contributed by atoms with E-state index in [9.17, 15) is 4.79 Å². The topological polar surface area (TPSA) is 29.5 Å². The lowest BCUT2D eigenvalue weighted by Crippen LogP contribution is -2.48. The molecule has 0 fully saturated rings. The van der Waals surface area contributed by atoms with Crippen LogP contribution < -0.4 is 4.74 Å². The Labute approximate surface area is 120 Å². The lowest BCUT2D eigenvalue weighted by Gasteiger charge is -2.34. The predicted molar refractivity (Wildman–Crippen MR) is 79.1 cm³/mol. The number of halogens is 1. The normalized spacial score (nSPS) is 14.3. The van der Waals surface area contributed by atoms with Crippen LogP contribution in [0.15, 0.2) is 18.2 Å². The van der Waals surface area contributed by atoms with Gasteiger partial charge in [0.2, 0.25) is 0 Å². The predicted octanol–water partition coefficient (Wildman–Crippen LogP) is 3.19. The van der Waals surface area contributed by atoms with E-state index < -0.39 is 5.54 Å². The molecule has 3 nitrogen and oxygen atoms in total. The van der Waals surface area contributed by atoms with Crippen molar-refractivity contribution in [2.24, 2.45) is 0 Å². The Kier molecular flexibility index (Phi) is 5.39. The van der Waals surface area contributed by atoms with Gasteiger partial charge in [0.05, 0.1) is 12.6 Å². The van der Waals surface area contributed by atoms with E-state index in [1.54, 1.807) is 25.3 Å². The van der Waals surface area contributed by atoms with Crippen LogP contribution in [0.2, 0.25) is 5.02 Å². The first-order valence-electron chi connectivity index (χ1n) is 6.38. The van der Waals surface area contributed by atoms with Gasteiger partial charge in [0.15, 0.2) is 5.78 Å². The highest BCUT2D eigenvalue weighted by atomic mass is 35.5. The minimum atomic E-state index is -0.465. The number of benzene rings is 1. The van der Waals surface area contributed by atoms with Crippen molar-refractivity contribution < 1.29 is 9.53 Å². The average Bonchev–Trinajstić information content (AvgIpc) is 2.37. The number of ether oxygens (including phenoxy) is 1. The monoisotopic (exact) mass is 283 g/mol. The molecule has 19 heavy (non-hydrogen) atoms. The Balaban J connectivity index is 3.02. The van der Waals surface area contributed by atoms with E-state index >= 15 is 0 Å². The van der Waals surface area contributed by atoms with Gasteiger partial charge >= 0.3 is 0 Å². The summed E-state index contributed by atoms with van der Waals surface area (Å²) in [5.41, 5.74) is 0.370. The number of methoxy groups -OCH3 is 1. The average molecular weight is 284 g/mol. The van der Waals surface area contributed by atoms with Crippen LogP contribution in [0.5, 0.6) is 5.75 Å². The maximum Gasteiger partial charge on any atom is 0.157 e. The molecule has 0 aromatic heterocycles. The Bertz CT molecular complexity index is 459. The third kappa shape index (κ3) is 3.48. The number of Topliss-reactive ketones (excluding diaryl/α,β-unsaturated/α-hetero) is 1. The SMILES string of the molecule is CCC(C)(C(=O)Cc1cc(Cl)ccc1OC)N(C)C. The molecular formula is C15H22ClNO2. The van der Waals surface area contributed by atoms with E-state index in [0.29, 0.717) is 17.2 Å². The molecule has 0 aliphatic heterocycles. The highest BCUT2D eigenvalue weighted by Crippen LogP contribution is 2.26. The smallest absolute Gasteiger partial charge is 0.157 e. The third-order valence-corrected chi connectivity index (χ3v) is 4.10. The summed E-state index contributed by atoms with van der Waals surface area (Å²) in [6, 6.07) is 5.35. The summed E-state index contributed by atoms with van der Waals surface area (Å²) in [4.78, 5) is 14.5. The summed E-state index contributed by atoms with van der Waals surface area (Å²) in [5.74, 6) is 0.871. The van der Waals surface area contributed by atoms with Gasteiger partial charge in [0, 0.05) is 17.0 Å². The van der Waals surface area contributed by atoms with Gasteiger partial charge in [-0.25, -0.2) is 0 Å². The van der Waals surface area contributed by atoms with E-state index in [4.69, 9.17) is 16.3 Å². The van der Waals surface area contributed by atoms with Crippen molar-refractivity contribution in [1.29, 1.82) is 0 Å². The molecule has 0 bridgehead atoms. The molecule has 0 saturated heterocycles. The van der Waals surface area contributed by atoms with E-state index in [1.807, 2.05) is 32.8 Å². The van der Waals surface area contributed by atoms with E-state index in [0.717, 1.165) is 12.0 Å². The molecule has 1 rings (SSSR count). The summed E-state index contributed by atoms with van der Waals surface area (Å²) < 4.78 is 5.28. The van der Waals surface area contributed by atoms with Gasteiger partial charge in [-0.2, -0.15) is 0 Å². The standard InChI is InChI=1S/C15H22ClNO2/c1-6-15(2,17(3)4)14(18)10-11-9-12(16)7-8-13(11)19-5/h7-9H,6,10H2,1-5H3. The third-order valence-electron chi connectivity index (χ3n) is 3.87. The Hall–Kier alpha value is -1.06. The van der Waals surface area contributed by atoms with Crippen LogP contribution in [0.3, 0.4) is 0 Å². The van der Waals surface area contributed by atoms with Crippen molar-refractivity contribution in [2.75, 3.05) is 21.2 Å². The number of carbonyl (C=O) groups is 1. The number of hydrogen-bond acceptors (Lipinski definition) is 3. The molecular weight excluding hydrogens is 262 g/mol. The Morgan fingerprint density at radius 1 is 1.42 bits per heavy atom. The zero-order valence-electron chi connectivity index (χ0n) is 12.3. The second-order valence-electron chi connectivity index (χ2n) is 5.08. The molecule has 0 amide bonds. The van der Waals surface area contributed by atoms with Crippen LogP contribution >= 0.6 is 11.6 Å². The Morgan fingerprint density at radius 3 is 2.53 bits per heavy atom. The first-order chi connectivity index (χ1) is 8.85. The maximum absolute atomic E-state index is 12.5. The number of rotatable bonds is 6. The van der Waals surface area contributed by atoms with Crippen molar-refractivity contribution in [3.63, 3.8) is 0 Å². The van der Waals surface area contributed by atoms with Gasteiger partial charge in [-0.1, -0.05) is 18.5 Å². The molecule has 1 aromatic rings. The minimum absolute atomic E-state index is 0.167. The van der Waals surface area contributed by atoms with Crippen LogP contribution in [0.4, 0.5) is 0 Å². The fraction of sp³-hybridized carbons (Fsp3) is 0.533. The number of carbonyl (C=O) groups excluding carboxylic acids is 1. The maximum atomic E-state index is 12.5. The number of ketones is 1. The number of likely N-dealkylation sites (N-methyl/N-ethyl adjacent to an activating group) is 1. The Morgan fingerprint density at radius 2 is 2.05 bits per heavy atom. The highest BCUT2D eigenvalue weighted by Gasteiger charge is 2.33. The molecule has 0 heterocycles. The first kappa shape index (κ1) is 16.0.